The summed E-state index contributed by atoms with van der Waals surface area (Å²) in [5.74, 6) is -0.146. The normalized spacial score (nSPS) is 11.8. The fourth-order valence-electron chi connectivity index (χ4n) is 2.61. The molecule has 1 amide bonds. The second-order valence-corrected chi connectivity index (χ2v) is 6.17. The lowest BCUT2D eigenvalue weighted by Crippen LogP contribution is -2.29. The predicted octanol–water partition coefficient (Wildman–Crippen LogP) is 5.17. The number of halogens is 1. The fraction of sp³-hybridized carbons (Fsp3) is 0.0952. The third-order valence-electron chi connectivity index (χ3n) is 3.91. The first-order chi connectivity index (χ1) is 11.6. The Morgan fingerprint density at radius 1 is 0.875 bits per heavy atom. The molecule has 0 heterocycles. The molecule has 0 radical (unpaired) electrons. The van der Waals surface area contributed by atoms with Gasteiger partial charge in [0.15, 0.2) is 0 Å². The van der Waals surface area contributed by atoms with E-state index in [1.54, 1.807) is 24.3 Å². The molecule has 0 aliphatic heterocycles. The topological polar surface area (TPSA) is 29.1 Å². The number of aryl methyl sites for hydroxylation is 1. The molecule has 0 aliphatic rings. The first kappa shape index (κ1) is 16.3. The van der Waals surface area contributed by atoms with E-state index in [1.807, 2.05) is 49.4 Å². The van der Waals surface area contributed by atoms with E-state index < -0.39 is 0 Å². The minimum atomic E-state index is -0.210. The molecule has 2 nitrogen and oxygen atoms in total. The van der Waals surface area contributed by atoms with Crippen LogP contribution in [0.1, 0.15) is 33.1 Å². The summed E-state index contributed by atoms with van der Waals surface area (Å²) in [5.41, 5.74) is 3.82. The molecule has 0 spiro atoms. The van der Waals surface area contributed by atoms with Crippen molar-refractivity contribution in [3.63, 3.8) is 0 Å². The van der Waals surface area contributed by atoms with Gasteiger partial charge < -0.3 is 5.32 Å². The Kier molecular flexibility index (Phi) is 4.97. The number of rotatable bonds is 4. The molecule has 1 atom stereocenters. The molecule has 0 unspecified atom stereocenters. The SMILES string of the molecule is Cc1ccc([C@@H](NC(=O)c2cccc(Cl)c2)c2ccccc2)cc1. The molecule has 0 bridgehead atoms. The van der Waals surface area contributed by atoms with Gasteiger partial charge in [-0.05, 0) is 36.2 Å². The van der Waals surface area contributed by atoms with Crippen molar-refractivity contribution in [3.8, 4) is 0 Å². The third kappa shape index (κ3) is 3.84. The lowest BCUT2D eigenvalue weighted by molar-refractivity contribution is 0.0943. The van der Waals surface area contributed by atoms with Crippen LogP contribution in [-0.2, 0) is 0 Å². The third-order valence-corrected chi connectivity index (χ3v) is 4.14. The molecule has 3 heteroatoms. The highest BCUT2D eigenvalue weighted by atomic mass is 35.5. The summed E-state index contributed by atoms with van der Waals surface area (Å²) >= 11 is 6.00. The van der Waals surface area contributed by atoms with Crippen LogP contribution in [0.4, 0.5) is 0 Å². The van der Waals surface area contributed by atoms with Gasteiger partial charge in [0.1, 0.15) is 0 Å². The lowest BCUT2D eigenvalue weighted by Gasteiger charge is -2.20. The van der Waals surface area contributed by atoms with Crippen LogP contribution in [0, 0.1) is 6.92 Å². The Balaban J connectivity index is 1.93. The Morgan fingerprint density at radius 2 is 1.54 bits per heavy atom. The van der Waals surface area contributed by atoms with Gasteiger partial charge in [-0.15, -0.1) is 0 Å². The molecule has 0 saturated carbocycles. The molecule has 0 aliphatic carbocycles. The van der Waals surface area contributed by atoms with Crippen LogP contribution in [-0.4, -0.2) is 5.91 Å². The fourth-order valence-corrected chi connectivity index (χ4v) is 2.80. The summed E-state index contributed by atoms with van der Waals surface area (Å²) in [6.45, 7) is 2.05. The van der Waals surface area contributed by atoms with Gasteiger partial charge in [0.25, 0.3) is 5.91 Å². The molecular weight excluding hydrogens is 318 g/mol. The Labute approximate surface area is 147 Å². The first-order valence-corrected chi connectivity index (χ1v) is 8.19. The van der Waals surface area contributed by atoms with Crippen LogP contribution < -0.4 is 5.32 Å². The highest BCUT2D eigenvalue weighted by Gasteiger charge is 2.17. The van der Waals surface area contributed by atoms with E-state index in [-0.39, 0.29) is 11.9 Å². The lowest BCUT2D eigenvalue weighted by atomic mass is 9.97. The second-order valence-electron chi connectivity index (χ2n) is 5.74. The monoisotopic (exact) mass is 335 g/mol. The van der Waals surface area contributed by atoms with Gasteiger partial charge in [-0.25, -0.2) is 0 Å². The maximum Gasteiger partial charge on any atom is 0.252 e. The molecule has 120 valence electrons. The average Bonchev–Trinajstić information content (AvgIpc) is 2.61. The smallest absolute Gasteiger partial charge is 0.252 e. The van der Waals surface area contributed by atoms with E-state index in [1.165, 1.54) is 5.56 Å². The molecule has 0 fully saturated rings. The van der Waals surface area contributed by atoms with Crippen molar-refractivity contribution in [2.75, 3.05) is 0 Å². The van der Waals surface area contributed by atoms with Gasteiger partial charge >= 0.3 is 0 Å². The van der Waals surface area contributed by atoms with Crippen LogP contribution in [0.2, 0.25) is 5.02 Å². The van der Waals surface area contributed by atoms with Gasteiger partial charge in [0, 0.05) is 10.6 Å². The maximum absolute atomic E-state index is 12.7. The van der Waals surface area contributed by atoms with Crippen LogP contribution in [0.3, 0.4) is 0 Å². The molecule has 24 heavy (non-hydrogen) atoms. The van der Waals surface area contributed by atoms with E-state index in [0.717, 1.165) is 11.1 Å². The zero-order chi connectivity index (χ0) is 16.9. The zero-order valence-electron chi connectivity index (χ0n) is 13.4. The van der Waals surface area contributed by atoms with Gasteiger partial charge in [-0.3, -0.25) is 4.79 Å². The van der Waals surface area contributed by atoms with E-state index >= 15 is 0 Å². The van der Waals surface area contributed by atoms with Crippen LogP contribution in [0.5, 0.6) is 0 Å². The van der Waals surface area contributed by atoms with E-state index in [9.17, 15) is 4.79 Å². The number of benzene rings is 3. The Bertz CT molecular complexity index is 828. The van der Waals surface area contributed by atoms with E-state index in [4.69, 9.17) is 11.6 Å². The second kappa shape index (κ2) is 7.33. The molecule has 0 aromatic heterocycles. The number of nitrogens with one attached hydrogen (secondary N) is 1. The summed E-state index contributed by atoms with van der Waals surface area (Å²) in [7, 11) is 0. The number of amides is 1. The summed E-state index contributed by atoms with van der Waals surface area (Å²) < 4.78 is 0. The van der Waals surface area contributed by atoms with E-state index in [2.05, 4.69) is 17.4 Å². The molecule has 3 aromatic carbocycles. The van der Waals surface area contributed by atoms with E-state index in [0.29, 0.717) is 10.6 Å². The van der Waals surface area contributed by atoms with Crippen molar-refractivity contribution in [3.05, 3.63) is 106 Å². The minimum absolute atomic E-state index is 0.146. The van der Waals surface area contributed by atoms with Crippen LogP contribution >= 0.6 is 11.6 Å². The molecular formula is C21H18ClNO. The molecule has 0 saturated heterocycles. The van der Waals surface area contributed by atoms with Gasteiger partial charge in [0.05, 0.1) is 6.04 Å². The minimum Gasteiger partial charge on any atom is -0.341 e. The predicted molar refractivity (Wildman–Crippen MR) is 98.4 cm³/mol. The molecule has 3 aromatic rings. The van der Waals surface area contributed by atoms with Crippen molar-refractivity contribution in [1.82, 2.24) is 5.32 Å². The van der Waals surface area contributed by atoms with Crippen molar-refractivity contribution >= 4 is 17.5 Å². The van der Waals surface area contributed by atoms with Crippen molar-refractivity contribution in [1.29, 1.82) is 0 Å². The summed E-state index contributed by atoms with van der Waals surface area (Å²) in [6.07, 6.45) is 0. The number of hydrogen-bond donors (Lipinski definition) is 1. The van der Waals surface area contributed by atoms with Crippen LogP contribution in [0.15, 0.2) is 78.9 Å². The summed E-state index contributed by atoms with van der Waals surface area (Å²) in [6, 6.07) is 24.9. The van der Waals surface area contributed by atoms with Gasteiger partial charge in [0.2, 0.25) is 0 Å². The van der Waals surface area contributed by atoms with Crippen molar-refractivity contribution in [2.24, 2.45) is 0 Å². The quantitative estimate of drug-likeness (QED) is 0.700. The van der Waals surface area contributed by atoms with Gasteiger partial charge in [-0.1, -0.05) is 77.8 Å². The molecule has 1 N–H and O–H groups in total. The number of hydrogen-bond acceptors (Lipinski definition) is 1. The summed E-state index contributed by atoms with van der Waals surface area (Å²) in [4.78, 5) is 12.7. The van der Waals surface area contributed by atoms with Crippen molar-refractivity contribution in [2.45, 2.75) is 13.0 Å². The standard InChI is InChI=1S/C21H18ClNO/c1-15-10-12-17(13-11-15)20(16-6-3-2-4-7-16)23-21(24)18-8-5-9-19(22)14-18/h2-14,20H,1H3,(H,23,24)/t20-/m0/s1. The Morgan fingerprint density at radius 3 is 2.21 bits per heavy atom. The highest BCUT2D eigenvalue weighted by molar-refractivity contribution is 6.30. The zero-order valence-corrected chi connectivity index (χ0v) is 14.1. The number of carbonyl (C=O) groups is 1. The van der Waals surface area contributed by atoms with Crippen LogP contribution in [0.25, 0.3) is 0 Å². The highest BCUT2D eigenvalue weighted by Crippen LogP contribution is 2.23. The van der Waals surface area contributed by atoms with Gasteiger partial charge in [-0.2, -0.15) is 0 Å². The van der Waals surface area contributed by atoms with Crippen molar-refractivity contribution < 1.29 is 4.79 Å². The number of carbonyl (C=O) groups excluding carboxylic acids is 1. The first-order valence-electron chi connectivity index (χ1n) is 7.81. The molecule has 3 rings (SSSR count). The maximum atomic E-state index is 12.7. The average molecular weight is 336 g/mol. The largest absolute Gasteiger partial charge is 0.341 e. The summed E-state index contributed by atoms with van der Waals surface area (Å²) in [5, 5.41) is 3.67. The Hall–Kier alpha value is -2.58.